The molecule has 5 atom stereocenters. The predicted molar refractivity (Wildman–Crippen MR) is 97.9 cm³/mol. The third-order valence-electron chi connectivity index (χ3n) is 7.42. The summed E-state index contributed by atoms with van der Waals surface area (Å²) in [5.41, 5.74) is 1.74. The molecule has 4 aliphatic carbocycles. The van der Waals surface area contributed by atoms with E-state index in [1.807, 2.05) is 6.08 Å². The van der Waals surface area contributed by atoms with Crippen LogP contribution in [-0.2, 0) is 19.1 Å². The first kappa shape index (κ1) is 17.8. The maximum absolute atomic E-state index is 11.6. The number of hydrogen-bond donors (Lipinski definition) is 0. The zero-order valence-electron chi connectivity index (χ0n) is 16.1. The second-order valence-electron chi connectivity index (χ2n) is 9.02. The van der Waals surface area contributed by atoms with Gasteiger partial charge in [0.15, 0.2) is 0 Å². The van der Waals surface area contributed by atoms with Crippen LogP contribution in [0.3, 0.4) is 0 Å². The Morgan fingerprint density at radius 1 is 1.04 bits per heavy atom. The number of rotatable bonds is 2. The minimum absolute atomic E-state index is 0.399. The normalized spacial score (nSPS) is 39.9. The van der Waals surface area contributed by atoms with Crippen molar-refractivity contribution in [3.05, 3.63) is 23.8 Å². The van der Waals surface area contributed by atoms with Gasteiger partial charge in [-0.15, -0.1) is 0 Å². The second-order valence-corrected chi connectivity index (χ2v) is 9.02. The van der Waals surface area contributed by atoms with Gasteiger partial charge in [0, 0.05) is 20.3 Å². The molecule has 4 nitrogen and oxygen atoms in total. The molecule has 2 fully saturated rings. The fraction of sp³-hybridized carbons (Fsp3) is 0.727. The Labute approximate surface area is 156 Å². The molecule has 0 aromatic heterocycles. The first-order valence-electron chi connectivity index (χ1n) is 10.1. The van der Waals surface area contributed by atoms with Crippen LogP contribution >= 0.6 is 0 Å². The third-order valence-corrected chi connectivity index (χ3v) is 7.42. The SMILES string of the molecule is CC(=O)OC1(OC(C)=O)C=C2CC[C@@H]3[C@H](CCC4(C)C=CC[C@@H]34)[C@H]2CC1. The van der Waals surface area contributed by atoms with Crippen molar-refractivity contribution in [1.82, 2.24) is 0 Å². The quantitative estimate of drug-likeness (QED) is 0.413. The molecular formula is C22H30O4. The molecule has 2 saturated carbocycles. The van der Waals surface area contributed by atoms with Crippen LogP contribution in [0.15, 0.2) is 23.8 Å². The highest BCUT2D eigenvalue weighted by Gasteiger charge is 2.52. The van der Waals surface area contributed by atoms with Gasteiger partial charge < -0.3 is 9.47 Å². The van der Waals surface area contributed by atoms with Crippen LogP contribution in [-0.4, -0.2) is 17.7 Å². The van der Waals surface area contributed by atoms with E-state index < -0.39 is 17.7 Å². The summed E-state index contributed by atoms with van der Waals surface area (Å²) in [6.45, 7) is 5.19. The van der Waals surface area contributed by atoms with Crippen molar-refractivity contribution >= 4 is 11.9 Å². The Hall–Kier alpha value is -1.58. The number of carbonyl (C=O) groups excluding carboxylic acids is 2. The van der Waals surface area contributed by atoms with Crippen LogP contribution in [0.1, 0.15) is 65.7 Å². The average molecular weight is 358 g/mol. The molecule has 0 saturated heterocycles. The summed E-state index contributed by atoms with van der Waals surface area (Å²) in [6, 6.07) is 0. The highest BCUT2D eigenvalue weighted by atomic mass is 16.7. The van der Waals surface area contributed by atoms with E-state index in [0.717, 1.165) is 30.6 Å². The molecule has 0 N–H and O–H groups in total. The molecule has 0 heterocycles. The monoisotopic (exact) mass is 358 g/mol. The number of fused-ring (bicyclic) bond motifs is 5. The van der Waals surface area contributed by atoms with Crippen LogP contribution in [0.5, 0.6) is 0 Å². The van der Waals surface area contributed by atoms with Crippen molar-refractivity contribution in [2.45, 2.75) is 71.5 Å². The molecule has 4 heteroatoms. The van der Waals surface area contributed by atoms with Crippen molar-refractivity contribution in [3.63, 3.8) is 0 Å². The van der Waals surface area contributed by atoms with Gasteiger partial charge in [0.1, 0.15) is 0 Å². The van der Waals surface area contributed by atoms with Crippen LogP contribution in [0.25, 0.3) is 0 Å². The van der Waals surface area contributed by atoms with Crippen LogP contribution < -0.4 is 0 Å². The fourth-order valence-electron chi connectivity index (χ4n) is 6.47. The summed E-state index contributed by atoms with van der Waals surface area (Å²) in [6.07, 6.45) is 14.4. The van der Waals surface area contributed by atoms with Gasteiger partial charge in [0.2, 0.25) is 0 Å². The van der Waals surface area contributed by atoms with Gasteiger partial charge in [-0.2, -0.15) is 0 Å². The Morgan fingerprint density at radius 3 is 2.46 bits per heavy atom. The smallest absolute Gasteiger partial charge is 0.306 e. The zero-order chi connectivity index (χ0) is 18.5. The molecule has 26 heavy (non-hydrogen) atoms. The third kappa shape index (κ3) is 2.91. The summed E-state index contributed by atoms with van der Waals surface area (Å²) in [7, 11) is 0. The van der Waals surface area contributed by atoms with Crippen LogP contribution in [0, 0.1) is 29.1 Å². The van der Waals surface area contributed by atoms with Gasteiger partial charge in [-0.1, -0.05) is 24.6 Å². The van der Waals surface area contributed by atoms with E-state index in [1.165, 1.54) is 45.1 Å². The van der Waals surface area contributed by atoms with Crippen LogP contribution in [0.4, 0.5) is 0 Å². The molecule has 142 valence electrons. The van der Waals surface area contributed by atoms with Gasteiger partial charge in [0.25, 0.3) is 5.79 Å². The highest BCUT2D eigenvalue weighted by molar-refractivity contribution is 5.69. The van der Waals surface area contributed by atoms with Crippen molar-refractivity contribution in [1.29, 1.82) is 0 Å². The lowest BCUT2D eigenvalue weighted by atomic mass is 9.52. The van der Waals surface area contributed by atoms with Crippen molar-refractivity contribution in [2.75, 3.05) is 0 Å². The average Bonchev–Trinajstić information content (AvgIpc) is 2.94. The summed E-state index contributed by atoms with van der Waals surface area (Å²) in [5, 5.41) is 0. The lowest BCUT2D eigenvalue weighted by Crippen LogP contribution is -2.47. The summed E-state index contributed by atoms with van der Waals surface area (Å²) in [5.74, 6) is 0.867. The van der Waals surface area contributed by atoms with E-state index >= 15 is 0 Å². The van der Waals surface area contributed by atoms with E-state index in [2.05, 4.69) is 19.1 Å². The molecule has 0 aliphatic heterocycles. The van der Waals surface area contributed by atoms with Crippen LogP contribution in [0.2, 0.25) is 0 Å². The van der Waals surface area contributed by atoms with Gasteiger partial charge >= 0.3 is 11.9 Å². The Kier molecular flexibility index (Phi) is 4.28. The first-order valence-corrected chi connectivity index (χ1v) is 10.1. The fourth-order valence-corrected chi connectivity index (χ4v) is 6.47. The number of carbonyl (C=O) groups is 2. The Morgan fingerprint density at radius 2 is 1.77 bits per heavy atom. The highest BCUT2D eigenvalue weighted by Crippen LogP contribution is 2.60. The van der Waals surface area contributed by atoms with E-state index in [0.29, 0.717) is 17.8 Å². The molecule has 0 aromatic rings. The number of ether oxygens (including phenoxy) is 2. The summed E-state index contributed by atoms with van der Waals surface area (Å²) in [4.78, 5) is 23.2. The van der Waals surface area contributed by atoms with E-state index in [9.17, 15) is 9.59 Å². The molecule has 4 aliphatic rings. The molecule has 4 rings (SSSR count). The maximum atomic E-state index is 11.6. The number of hydrogen-bond acceptors (Lipinski definition) is 4. The molecule has 0 aromatic carbocycles. The Bertz CT molecular complexity index is 660. The molecule has 0 amide bonds. The van der Waals surface area contributed by atoms with Crippen molar-refractivity contribution in [2.24, 2.45) is 29.1 Å². The lowest BCUT2D eigenvalue weighted by molar-refractivity contribution is -0.214. The lowest BCUT2D eigenvalue weighted by Gasteiger charge is -2.53. The van der Waals surface area contributed by atoms with Gasteiger partial charge in [-0.3, -0.25) is 9.59 Å². The summed E-state index contributed by atoms with van der Waals surface area (Å²) >= 11 is 0. The number of allylic oxidation sites excluding steroid dienone is 3. The topological polar surface area (TPSA) is 52.6 Å². The van der Waals surface area contributed by atoms with Gasteiger partial charge in [-0.05, 0) is 73.7 Å². The Balaban J connectivity index is 1.59. The molecule has 1 unspecified atom stereocenters. The van der Waals surface area contributed by atoms with Gasteiger partial charge in [0.05, 0.1) is 0 Å². The summed E-state index contributed by atoms with van der Waals surface area (Å²) < 4.78 is 11.0. The van der Waals surface area contributed by atoms with Gasteiger partial charge in [-0.25, -0.2) is 0 Å². The molecule has 0 radical (unpaired) electrons. The minimum Gasteiger partial charge on any atom is -0.419 e. The largest absolute Gasteiger partial charge is 0.419 e. The minimum atomic E-state index is -1.19. The van der Waals surface area contributed by atoms with Crippen molar-refractivity contribution in [3.8, 4) is 0 Å². The molecule has 0 bridgehead atoms. The predicted octanol–water partition coefficient (Wildman–Crippen LogP) is 4.55. The van der Waals surface area contributed by atoms with E-state index in [-0.39, 0.29) is 0 Å². The zero-order valence-corrected chi connectivity index (χ0v) is 16.1. The second kappa shape index (κ2) is 6.24. The van der Waals surface area contributed by atoms with E-state index in [4.69, 9.17) is 9.47 Å². The molecule has 0 spiro atoms. The van der Waals surface area contributed by atoms with E-state index in [1.54, 1.807) is 0 Å². The molecular weight excluding hydrogens is 328 g/mol. The van der Waals surface area contributed by atoms with Crippen molar-refractivity contribution < 1.29 is 19.1 Å². The number of esters is 2. The first-order chi connectivity index (χ1) is 12.3. The maximum Gasteiger partial charge on any atom is 0.306 e. The standard InChI is InChI=1S/C22H30O4/c1-14(23)25-22(26-15(2)24)12-9-17-16(13-22)6-7-19-18(17)8-11-21(3)10-4-5-20(19)21/h4,10,13,17-20H,5-9,11-12H2,1-3H3/t17-,18+,19+,20-,21?/m0/s1.